The normalized spacial score (nSPS) is 14.9. The fourth-order valence-electron chi connectivity index (χ4n) is 3.57. The standard InChI is InChI=1S/C22H22Cl2N4O/c23-20-6-5-19(21(24)14-20)16-26-9-11-27(12-10-26)22(29)18-4-1-3-17(13-18)15-28-8-2-7-25-28/h1-8,13-14H,9-12,15-16H2. The van der Waals surface area contributed by atoms with Gasteiger partial charge in [0, 0.05) is 60.7 Å². The largest absolute Gasteiger partial charge is 0.336 e. The molecule has 0 N–H and O–H groups in total. The van der Waals surface area contributed by atoms with E-state index in [1.165, 1.54) is 0 Å². The summed E-state index contributed by atoms with van der Waals surface area (Å²) in [5, 5.41) is 5.56. The first-order valence-corrected chi connectivity index (χ1v) is 10.4. The highest BCUT2D eigenvalue weighted by Crippen LogP contribution is 2.23. The van der Waals surface area contributed by atoms with Crippen molar-refractivity contribution in [2.24, 2.45) is 0 Å². The molecule has 0 spiro atoms. The minimum Gasteiger partial charge on any atom is -0.336 e. The number of aromatic nitrogens is 2. The van der Waals surface area contributed by atoms with Crippen molar-refractivity contribution in [1.82, 2.24) is 19.6 Å². The van der Waals surface area contributed by atoms with E-state index in [1.54, 1.807) is 12.3 Å². The predicted octanol–water partition coefficient (Wildman–Crippen LogP) is 4.20. The SMILES string of the molecule is O=C(c1cccc(Cn2cccn2)c1)N1CCN(Cc2ccc(Cl)cc2Cl)CC1. The number of hydrogen-bond donors (Lipinski definition) is 0. The zero-order valence-electron chi connectivity index (χ0n) is 16.0. The maximum atomic E-state index is 13.0. The molecule has 7 heteroatoms. The molecule has 29 heavy (non-hydrogen) atoms. The second-order valence-corrected chi connectivity index (χ2v) is 8.05. The molecule has 2 heterocycles. The number of carbonyl (C=O) groups excluding carboxylic acids is 1. The fraction of sp³-hybridized carbons (Fsp3) is 0.273. The van der Waals surface area contributed by atoms with E-state index in [0.717, 1.165) is 36.3 Å². The molecule has 0 saturated carbocycles. The Hall–Kier alpha value is -2.34. The van der Waals surface area contributed by atoms with Gasteiger partial charge in [-0.25, -0.2) is 0 Å². The summed E-state index contributed by atoms with van der Waals surface area (Å²) in [5.41, 5.74) is 2.85. The second kappa shape index (κ2) is 8.99. The molecule has 1 amide bonds. The van der Waals surface area contributed by atoms with Crippen LogP contribution in [-0.4, -0.2) is 51.7 Å². The first kappa shape index (κ1) is 20.0. The van der Waals surface area contributed by atoms with Crippen molar-refractivity contribution in [2.75, 3.05) is 26.2 Å². The lowest BCUT2D eigenvalue weighted by atomic mass is 10.1. The Bertz CT molecular complexity index is 982. The van der Waals surface area contributed by atoms with Gasteiger partial charge in [-0.3, -0.25) is 14.4 Å². The molecule has 0 radical (unpaired) electrons. The molecule has 1 aromatic heterocycles. The van der Waals surface area contributed by atoms with Crippen LogP contribution in [0, 0.1) is 0 Å². The van der Waals surface area contributed by atoms with Gasteiger partial charge in [0.1, 0.15) is 0 Å². The molecule has 2 aromatic carbocycles. The molecule has 1 aliphatic rings. The topological polar surface area (TPSA) is 41.4 Å². The van der Waals surface area contributed by atoms with Crippen LogP contribution in [0.4, 0.5) is 0 Å². The van der Waals surface area contributed by atoms with E-state index in [-0.39, 0.29) is 5.91 Å². The number of piperazine rings is 1. The minimum atomic E-state index is 0.0801. The van der Waals surface area contributed by atoms with Crippen LogP contribution in [0.1, 0.15) is 21.5 Å². The van der Waals surface area contributed by atoms with Crippen molar-refractivity contribution in [1.29, 1.82) is 0 Å². The van der Waals surface area contributed by atoms with E-state index in [1.807, 2.05) is 58.2 Å². The van der Waals surface area contributed by atoms with E-state index in [2.05, 4.69) is 10.00 Å². The van der Waals surface area contributed by atoms with E-state index in [0.29, 0.717) is 29.7 Å². The number of halogens is 2. The number of nitrogens with zero attached hydrogens (tertiary/aromatic N) is 4. The van der Waals surface area contributed by atoms with Crippen molar-refractivity contribution >= 4 is 29.1 Å². The van der Waals surface area contributed by atoms with Gasteiger partial charge >= 0.3 is 0 Å². The minimum absolute atomic E-state index is 0.0801. The summed E-state index contributed by atoms with van der Waals surface area (Å²) >= 11 is 12.3. The average molecular weight is 429 g/mol. The molecule has 3 aromatic rings. The lowest BCUT2D eigenvalue weighted by Crippen LogP contribution is -2.48. The fourth-order valence-corrected chi connectivity index (χ4v) is 4.03. The molecule has 0 atom stereocenters. The molecular weight excluding hydrogens is 407 g/mol. The van der Waals surface area contributed by atoms with Crippen LogP contribution in [0.3, 0.4) is 0 Å². The number of rotatable bonds is 5. The summed E-state index contributed by atoms with van der Waals surface area (Å²) in [6.45, 7) is 4.46. The van der Waals surface area contributed by atoms with Crippen LogP contribution in [0.15, 0.2) is 60.9 Å². The summed E-state index contributed by atoms with van der Waals surface area (Å²) in [4.78, 5) is 17.2. The first-order chi connectivity index (χ1) is 14.1. The highest BCUT2D eigenvalue weighted by atomic mass is 35.5. The van der Waals surface area contributed by atoms with Crippen molar-refractivity contribution in [3.63, 3.8) is 0 Å². The van der Waals surface area contributed by atoms with Crippen molar-refractivity contribution in [2.45, 2.75) is 13.1 Å². The zero-order chi connectivity index (χ0) is 20.2. The Morgan fingerprint density at radius 1 is 0.966 bits per heavy atom. The average Bonchev–Trinajstić information content (AvgIpc) is 3.23. The van der Waals surface area contributed by atoms with Crippen molar-refractivity contribution < 1.29 is 4.79 Å². The third kappa shape index (κ3) is 4.99. The van der Waals surface area contributed by atoms with E-state index < -0.39 is 0 Å². The van der Waals surface area contributed by atoms with Gasteiger partial charge in [-0.05, 0) is 41.5 Å². The Labute approximate surface area is 180 Å². The number of amides is 1. The molecule has 5 nitrogen and oxygen atoms in total. The van der Waals surface area contributed by atoms with Crippen LogP contribution in [0.25, 0.3) is 0 Å². The predicted molar refractivity (Wildman–Crippen MR) is 115 cm³/mol. The third-order valence-electron chi connectivity index (χ3n) is 5.15. The maximum Gasteiger partial charge on any atom is 0.253 e. The van der Waals surface area contributed by atoms with Gasteiger partial charge in [-0.1, -0.05) is 41.4 Å². The summed E-state index contributed by atoms with van der Waals surface area (Å²) in [6, 6.07) is 15.3. The number of carbonyl (C=O) groups is 1. The lowest BCUT2D eigenvalue weighted by molar-refractivity contribution is 0.0628. The van der Waals surface area contributed by atoms with E-state index in [4.69, 9.17) is 23.2 Å². The first-order valence-electron chi connectivity index (χ1n) is 9.60. The van der Waals surface area contributed by atoms with Gasteiger partial charge < -0.3 is 4.90 Å². The Morgan fingerprint density at radius 2 is 1.79 bits per heavy atom. The van der Waals surface area contributed by atoms with Crippen molar-refractivity contribution in [3.05, 3.63) is 87.7 Å². The van der Waals surface area contributed by atoms with Gasteiger partial charge in [0.2, 0.25) is 0 Å². The molecular formula is C22H22Cl2N4O. The lowest BCUT2D eigenvalue weighted by Gasteiger charge is -2.35. The number of benzene rings is 2. The number of hydrogen-bond acceptors (Lipinski definition) is 3. The Kier molecular flexibility index (Phi) is 6.19. The molecule has 1 fully saturated rings. The second-order valence-electron chi connectivity index (χ2n) is 7.21. The van der Waals surface area contributed by atoms with Crippen molar-refractivity contribution in [3.8, 4) is 0 Å². The highest BCUT2D eigenvalue weighted by molar-refractivity contribution is 6.35. The Balaban J connectivity index is 1.35. The molecule has 0 aliphatic carbocycles. The molecule has 0 bridgehead atoms. The summed E-state index contributed by atoms with van der Waals surface area (Å²) in [6.07, 6.45) is 3.67. The smallest absolute Gasteiger partial charge is 0.253 e. The quantitative estimate of drug-likeness (QED) is 0.611. The van der Waals surface area contributed by atoms with Crippen LogP contribution in [0.5, 0.6) is 0 Å². The summed E-state index contributed by atoms with van der Waals surface area (Å²) < 4.78 is 1.85. The summed E-state index contributed by atoms with van der Waals surface area (Å²) in [7, 11) is 0. The van der Waals surface area contributed by atoms with Crippen LogP contribution in [0.2, 0.25) is 10.0 Å². The Morgan fingerprint density at radius 3 is 2.52 bits per heavy atom. The van der Waals surface area contributed by atoms with Crippen LogP contribution < -0.4 is 0 Å². The zero-order valence-corrected chi connectivity index (χ0v) is 17.5. The molecule has 4 rings (SSSR count). The summed E-state index contributed by atoms with van der Waals surface area (Å²) in [5.74, 6) is 0.0801. The van der Waals surface area contributed by atoms with Gasteiger partial charge in [0.05, 0.1) is 6.54 Å². The van der Waals surface area contributed by atoms with Crippen LogP contribution >= 0.6 is 23.2 Å². The van der Waals surface area contributed by atoms with Gasteiger partial charge in [0.15, 0.2) is 0 Å². The van der Waals surface area contributed by atoms with Gasteiger partial charge in [-0.2, -0.15) is 5.10 Å². The van der Waals surface area contributed by atoms with Gasteiger partial charge in [0.25, 0.3) is 5.91 Å². The van der Waals surface area contributed by atoms with E-state index in [9.17, 15) is 4.79 Å². The molecule has 1 saturated heterocycles. The van der Waals surface area contributed by atoms with E-state index >= 15 is 0 Å². The van der Waals surface area contributed by atoms with Crippen LogP contribution in [-0.2, 0) is 13.1 Å². The molecule has 1 aliphatic heterocycles. The highest BCUT2D eigenvalue weighted by Gasteiger charge is 2.22. The molecule has 150 valence electrons. The third-order valence-corrected chi connectivity index (χ3v) is 5.73. The molecule has 0 unspecified atom stereocenters. The maximum absolute atomic E-state index is 13.0. The monoisotopic (exact) mass is 428 g/mol. The van der Waals surface area contributed by atoms with Gasteiger partial charge in [-0.15, -0.1) is 0 Å².